The maximum absolute atomic E-state index is 13.7. The van der Waals surface area contributed by atoms with Crippen LogP contribution in [-0.2, 0) is 4.74 Å². The molecule has 2 aromatic rings. The molecule has 3 nitrogen and oxygen atoms in total. The Labute approximate surface area is 123 Å². The van der Waals surface area contributed by atoms with Crippen molar-refractivity contribution in [1.82, 2.24) is 0 Å². The average molecular weight is 287 g/mol. The second-order valence-electron chi connectivity index (χ2n) is 5.68. The summed E-state index contributed by atoms with van der Waals surface area (Å²) in [5.74, 6) is -0.273. The van der Waals surface area contributed by atoms with E-state index >= 15 is 0 Å². The first-order valence-corrected chi connectivity index (χ1v) is 6.70. The quantitative estimate of drug-likeness (QED) is 0.858. The van der Waals surface area contributed by atoms with Crippen LogP contribution in [-0.4, -0.2) is 11.7 Å². The number of anilines is 1. The number of carbonyl (C=O) groups excluding carboxylic acids is 1. The Bertz CT molecular complexity index is 630. The Morgan fingerprint density at radius 1 is 1.05 bits per heavy atom. The summed E-state index contributed by atoms with van der Waals surface area (Å²) in [7, 11) is 0. The van der Waals surface area contributed by atoms with E-state index in [2.05, 4.69) is 5.32 Å². The number of amides is 1. The zero-order chi connectivity index (χ0) is 15.5. The zero-order valence-electron chi connectivity index (χ0n) is 12.3. The van der Waals surface area contributed by atoms with Gasteiger partial charge < -0.3 is 4.74 Å². The Morgan fingerprint density at radius 3 is 2.24 bits per heavy atom. The molecule has 110 valence electrons. The molecule has 0 aliphatic heterocycles. The smallest absolute Gasteiger partial charge is 0.412 e. The Balaban J connectivity index is 2.10. The molecule has 1 amide bonds. The monoisotopic (exact) mass is 287 g/mol. The lowest BCUT2D eigenvalue weighted by Crippen LogP contribution is -2.27. The van der Waals surface area contributed by atoms with E-state index in [1.165, 1.54) is 6.07 Å². The van der Waals surface area contributed by atoms with Gasteiger partial charge in [0.15, 0.2) is 0 Å². The van der Waals surface area contributed by atoms with Crippen molar-refractivity contribution in [2.75, 3.05) is 5.32 Å². The molecule has 2 rings (SSSR count). The van der Waals surface area contributed by atoms with Gasteiger partial charge in [-0.25, -0.2) is 9.18 Å². The van der Waals surface area contributed by atoms with E-state index in [1.807, 2.05) is 0 Å². The number of hydrogen-bond acceptors (Lipinski definition) is 2. The van der Waals surface area contributed by atoms with E-state index in [-0.39, 0.29) is 5.82 Å². The van der Waals surface area contributed by atoms with Crippen molar-refractivity contribution in [2.24, 2.45) is 0 Å². The summed E-state index contributed by atoms with van der Waals surface area (Å²) in [6, 6.07) is 13.5. The van der Waals surface area contributed by atoms with Gasteiger partial charge in [0.25, 0.3) is 0 Å². The van der Waals surface area contributed by atoms with Crippen molar-refractivity contribution in [3.63, 3.8) is 0 Å². The molecule has 0 aliphatic rings. The lowest BCUT2D eigenvalue weighted by Gasteiger charge is -2.19. The second-order valence-corrected chi connectivity index (χ2v) is 5.68. The van der Waals surface area contributed by atoms with Crippen LogP contribution in [0.15, 0.2) is 48.5 Å². The molecule has 0 aliphatic carbocycles. The molecule has 0 radical (unpaired) electrons. The summed E-state index contributed by atoms with van der Waals surface area (Å²) >= 11 is 0. The van der Waals surface area contributed by atoms with Crippen LogP contribution in [0, 0.1) is 5.82 Å². The van der Waals surface area contributed by atoms with E-state index in [4.69, 9.17) is 4.74 Å². The zero-order valence-corrected chi connectivity index (χ0v) is 12.3. The number of benzene rings is 2. The van der Waals surface area contributed by atoms with Crippen LogP contribution >= 0.6 is 0 Å². The van der Waals surface area contributed by atoms with Gasteiger partial charge in [0.1, 0.15) is 11.4 Å². The van der Waals surface area contributed by atoms with Crippen molar-refractivity contribution < 1.29 is 13.9 Å². The molecular formula is C17H18FNO2. The molecule has 2 aromatic carbocycles. The standard InChI is InChI=1S/C17H18FNO2/c1-17(2,3)21-16(20)19-13-10-8-12(9-11-13)14-6-4-5-7-15(14)18/h4-11H,1-3H3,(H,19,20). The van der Waals surface area contributed by atoms with E-state index in [0.717, 1.165) is 5.56 Å². The van der Waals surface area contributed by atoms with Gasteiger partial charge in [0.2, 0.25) is 0 Å². The lowest BCUT2D eigenvalue weighted by atomic mass is 10.1. The average Bonchev–Trinajstić information content (AvgIpc) is 2.38. The summed E-state index contributed by atoms with van der Waals surface area (Å²) in [4.78, 5) is 11.6. The topological polar surface area (TPSA) is 38.3 Å². The summed E-state index contributed by atoms with van der Waals surface area (Å²) in [5, 5.41) is 2.64. The van der Waals surface area contributed by atoms with Crippen LogP contribution in [0.25, 0.3) is 11.1 Å². The van der Waals surface area contributed by atoms with Gasteiger partial charge in [0, 0.05) is 11.3 Å². The minimum atomic E-state index is -0.544. The third kappa shape index (κ3) is 4.31. The van der Waals surface area contributed by atoms with Crippen molar-refractivity contribution in [1.29, 1.82) is 0 Å². The minimum Gasteiger partial charge on any atom is -0.444 e. The van der Waals surface area contributed by atoms with Crippen LogP contribution < -0.4 is 5.32 Å². The molecule has 0 atom stereocenters. The van der Waals surface area contributed by atoms with Gasteiger partial charge in [0.05, 0.1) is 0 Å². The number of carbonyl (C=O) groups is 1. The molecule has 0 spiro atoms. The van der Waals surface area contributed by atoms with Gasteiger partial charge in [-0.05, 0) is 44.5 Å². The fourth-order valence-electron chi connectivity index (χ4n) is 1.85. The number of rotatable bonds is 2. The molecule has 0 heterocycles. The first-order valence-electron chi connectivity index (χ1n) is 6.70. The van der Waals surface area contributed by atoms with Crippen LogP contribution in [0.5, 0.6) is 0 Å². The van der Waals surface area contributed by atoms with Crippen molar-refractivity contribution in [3.8, 4) is 11.1 Å². The fourth-order valence-corrected chi connectivity index (χ4v) is 1.85. The molecule has 1 N–H and O–H groups in total. The third-order valence-electron chi connectivity index (χ3n) is 2.72. The van der Waals surface area contributed by atoms with Crippen molar-refractivity contribution >= 4 is 11.8 Å². The number of ether oxygens (including phenoxy) is 1. The van der Waals surface area contributed by atoms with Gasteiger partial charge in [-0.3, -0.25) is 5.32 Å². The number of nitrogens with one attached hydrogen (secondary N) is 1. The lowest BCUT2D eigenvalue weighted by molar-refractivity contribution is 0.0636. The molecule has 0 saturated heterocycles. The van der Waals surface area contributed by atoms with Gasteiger partial charge in [-0.15, -0.1) is 0 Å². The van der Waals surface area contributed by atoms with Gasteiger partial charge in [-0.1, -0.05) is 30.3 Å². The molecule has 4 heteroatoms. The molecule has 0 unspecified atom stereocenters. The molecule has 0 fully saturated rings. The molecule has 21 heavy (non-hydrogen) atoms. The molecule has 0 bridgehead atoms. The van der Waals surface area contributed by atoms with Crippen LogP contribution in [0.1, 0.15) is 20.8 Å². The highest BCUT2D eigenvalue weighted by Gasteiger charge is 2.16. The second kappa shape index (κ2) is 5.95. The Morgan fingerprint density at radius 2 is 1.67 bits per heavy atom. The highest BCUT2D eigenvalue weighted by molar-refractivity contribution is 5.85. The number of halogens is 1. The summed E-state index contributed by atoms with van der Waals surface area (Å²) in [6.07, 6.45) is -0.513. The van der Waals surface area contributed by atoms with Crippen LogP contribution in [0.4, 0.5) is 14.9 Å². The fraction of sp³-hybridized carbons (Fsp3) is 0.235. The summed E-state index contributed by atoms with van der Waals surface area (Å²) in [5.41, 5.74) is 1.34. The van der Waals surface area contributed by atoms with Gasteiger partial charge in [-0.2, -0.15) is 0 Å². The van der Waals surface area contributed by atoms with Crippen molar-refractivity contribution in [3.05, 3.63) is 54.3 Å². The third-order valence-corrected chi connectivity index (χ3v) is 2.72. The maximum atomic E-state index is 13.7. The van der Waals surface area contributed by atoms with Crippen molar-refractivity contribution in [2.45, 2.75) is 26.4 Å². The van der Waals surface area contributed by atoms with E-state index < -0.39 is 11.7 Å². The largest absolute Gasteiger partial charge is 0.444 e. The predicted octanol–water partition coefficient (Wildman–Crippen LogP) is 4.84. The van der Waals surface area contributed by atoms with E-state index in [1.54, 1.807) is 63.2 Å². The van der Waals surface area contributed by atoms with E-state index in [9.17, 15) is 9.18 Å². The van der Waals surface area contributed by atoms with Crippen LogP contribution in [0.3, 0.4) is 0 Å². The first-order chi connectivity index (χ1) is 9.85. The van der Waals surface area contributed by atoms with E-state index in [0.29, 0.717) is 11.3 Å². The van der Waals surface area contributed by atoms with Crippen LogP contribution in [0.2, 0.25) is 0 Å². The summed E-state index contributed by atoms with van der Waals surface area (Å²) < 4.78 is 18.8. The Kier molecular flexibility index (Phi) is 4.26. The normalized spacial score (nSPS) is 11.0. The molecule has 0 aromatic heterocycles. The predicted molar refractivity (Wildman–Crippen MR) is 81.7 cm³/mol. The first kappa shape index (κ1) is 15.0. The Hall–Kier alpha value is -2.36. The highest BCUT2D eigenvalue weighted by atomic mass is 19.1. The number of hydrogen-bond donors (Lipinski definition) is 1. The van der Waals surface area contributed by atoms with Gasteiger partial charge >= 0.3 is 6.09 Å². The maximum Gasteiger partial charge on any atom is 0.412 e. The highest BCUT2D eigenvalue weighted by Crippen LogP contribution is 2.24. The molecular weight excluding hydrogens is 269 g/mol. The molecule has 0 saturated carbocycles. The summed E-state index contributed by atoms with van der Waals surface area (Å²) in [6.45, 7) is 5.40. The SMILES string of the molecule is CC(C)(C)OC(=O)Nc1ccc(-c2ccccc2F)cc1. The minimum absolute atomic E-state index is 0.273.